The van der Waals surface area contributed by atoms with Crippen LogP contribution in [0, 0.1) is 0 Å². The summed E-state index contributed by atoms with van der Waals surface area (Å²) in [6, 6.07) is 0. The van der Waals surface area contributed by atoms with E-state index in [0.29, 0.717) is 0 Å². The molecular weight excluding hydrogens is 331 g/mol. The first-order valence-corrected chi connectivity index (χ1v) is 2.56. The predicted molar refractivity (Wildman–Crippen MR) is 37.7 cm³/mol. The summed E-state index contributed by atoms with van der Waals surface area (Å²) in [5.74, 6) is -1.90. The molecule has 2 N–H and O–H groups in total. The van der Waals surface area contributed by atoms with Crippen LogP contribution in [0.2, 0.25) is 0 Å². The third kappa shape index (κ3) is 10.8. The summed E-state index contributed by atoms with van der Waals surface area (Å²) in [7, 11) is 0. The SMILES string of the molecule is O=C(O)CCCC(=O)O.[PbH2]. The Morgan fingerprint density at radius 3 is 1.50 bits per heavy atom. The zero-order chi connectivity index (χ0) is 7.28. The van der Waals surface area contributed by atoms with Gasteiger partial charge >= 0.3 is 39.2 Å². The summed E-state index contributed by atoms with van der Waals surface area (Å²) >= 11 is 0. The Labute approximate surface area is 78.4 Å². The zero-order valence-electron chi connectivity index (χ0n) is 5.54. The van der Waals surface area contributed by atoms with Crippen molar-refractivity contribution in [2.75, 3.05) is 0 Å². The Morgan fingerprint density at radius 1 is 1.00 bits per heavy atom. The second-order valence-electron chi connectivity index (χ2n) is 1.64. The first kappa shape index (κ1) is 12.5. The molecule has 0 unspecified atom stereocenters. The second-order valence-corrected chi connectivity index (χ2v) is 1.64. The van der Waals surface area contributed by atoms with Gasteiger partial charge in [-0.2, -0.15) is 0 Å². The standard InChI is InChI=1S/C5H8O4.Pb.2H/c6-4(7)2-1-3-5(8)9;;;/h1-3H2,(H,6,7)(H,8,9);;;. The number of carbonyl (C=O) groups is 2. The van der Waals surface area contributed by atoms with Gasteiger partial charge in [-0.05, 0) is 6.42 Å². The van der Waals surface area contributed by atoms with Crippen molar-refractivity contribution < 1.29 is 19.8 Å². The van der Waals surface area contributed by atoms with Crippen LogP contribution in [0.15, 0.2) is 0 Å². The zero-order valence-corrected chi connectivity index (χ0v) is 11.0. The van der Waals surface area contributed by atoms with Gasteiger partial charge in [0.25, 0.3) is 0 Å². The van der Waals surface area contributed by atoms with Crippen molar-refractivity contribution in [1.29, 1.82) is 0 Å². The van der Waals surface area contributed by atoms with Gasteiger partial charge in [0, 0.05) is 12.8 Å². The Kier molecular flexibility index (Phi) is 8.74. The summed E-state index contributed by atoms with van der Waals surface area (Å²) in [5.41, 5.74) is 0. The Hall–Kier alpha value is -0.138. The molecule has 0 saturated carbocycles. The molecule has 0 amide bonds. The van der Waals surface area contributed by atoms with Gasteiger partial charge in [-0.1, -0.05) is 0 Å². The van der Waals surface area contributed by atoms with Gasteiger partial charge in [0.15, 0.2) is 0 Å². The van der Waals surface area contributed by atoms with Gasteiger partial charge in [-0.25, -0.2) is 0 Å². The molecule has 10 heavy (non-hydrogen) atoms. The van der Waals surface area contributed by atoms with Gasteiger partial charge in [-0.15, -0.1) is 0 Å². The molecule has 0 aliphatic heterocycles. The van der Waals surface area contributed by atoms with Gasteiger partial charge in [-0.3, -0.25) is 9.59 Å². The molecule has 5 heteroatoms. The molecule has 58 valence electrons. The van der Waals surface area contributed by atoms with Crippen LogP contribution in [0.5, 0.6) is 0 Å². The number of hydrogen-bond donors (Lipinski definition) is 2. The van der Waals surface area contributed by atoms with E-state index in [1.165, 1.54) is 0 Å². The first-order chi connectivity index (χ1) is 4.13. The van der Waals surface area contributed by atoms with Crippen LogP contribution in [0.25, 0.3) is 0 Å². The Bertz CT molecular complexity index is 109. The summed E-state index contributed by atoms with van der Waals surface area (Å²) in [6.07, 6.45) is 0.0866. The van der Waals surface area contributed by atoms with E-state index in [2.05, 4.69) is 0 Å². The van der Waals surface area contributed by atoms with Crippen molar-refractivity contribution in [3.63, 3.8) is 0 Å². The van der Waals surface area contributed by atoms with E-state index in [9.17, 15) is 9.59 Å². The number of rotatable bonds is 4. The Balaban J connectivity index is 0. The summed E-state index contributed by atoms with van der Waals surface area (Å²) in [4.78, 5) is 19.6. The monoisotopic (exact) mass is 342 g/mol. The molecule has 4 nitrogen and oxygen atoms in total. The van der Waals surface area contributed by atoms with Crippen LogP contribution >= 0.6 is 0 Å². The van der Waals surface area contributed by atoms with Gasteiger partial charge in [0.05, 0.1) is 0 Å². The molecule has 0 aromatic carbocycles. The van der Waals surface area contributed by atoms with Crippen LogP contribution < -0.4 is 0 Å². The minimum absolute atomic E-state index is 0. The maximum atomic E-state index is 9.79. The van der Waals surface area contributed by atoms with E-state index < -0.39 is 11.9 Å². The first-order valence-electron chi connectivity index (χ1n) is 2.56. The van der Waals surface area contributed by atoms with E-state index in [4.69, 9.17) is 10.2 Å². The van der Waals surface area contributed by atoms with Crippen LogP contribution in [0.1, 0.15) is 19.3 Å². The van der Waals surface area contributed by atoms with Crippen LogP contribution in [-0.2, 0) is 9.59 Å². The molecule has 0 bridgehead atoms. The summed E-state index contributed by atoms with van der Waals surface area (Å²) in [5, 5.41) is 16.1. The van der Waals surface area contributed by atoms with Crippen molar-refractivity contribution >= 4 is 39.2 Å². The molecule has 0 fully saturated rings. The minimum atomic E-state index is -0.948. The van der Waals surface area contributed by atoms with Gasteiger partial charge < -0.3 is 10.2 Å². The molecule has 0 aliphatic carbocycles. The molecular formula is C5H10O4Pb. The average molecular weight is 341 g/mol. The summed E-state index contributed by atoms with van der Waals surface area (Å²) in [6.45, 7) is 0. The maximum absolute atomic E-state index is 9.79. The fourth-order valence-corrected chi connectivity index (χ4v) is 0.391. The Morgan fingerprint density at radius 2 is 1.30 bits per heavy atom. The molecule has 0 rings (SSSR count). The molecule has 0 heterocycles. The third-order valence-electron chi connectivity index (χ3n) is 0.781. The van der Waals surface area contributed by atoms with Crippen LogP contribution in [0.3, 0.4) is 0 Å². The molecule has 0 aliphatic rings. The molecule has 0 atom stereocenters. The van der Waals surface area contributed by atoms with Crippen molar-refractivity contribution in [2.24, 2.45) is 0 Å². The predicted octanol–water partition coefficient (Wildman–Crippen LogP) is -0.590. The fraction of sp³-hybridized carbons (Fsp3) is 0.600. The normalized spacial score (nSPS) is 8.00. The average Bonchev–Trinajstić information content (AvgIpc) is 1.63. The number of aliphatic carboxylic acids is 2. The van der Waals surface area contributed by atoms with Gasteiger partial charge in [0.1, 0.15) is 0 Å². The van der Waals surface area contributed by atoms with E-state index >= 15 is 0 Å². The molecule has 0 aromatic rings. The van der Waals surface area contributed by atoms with Crippen molar-refractivity contribution in [3.05, 3.63) is 0 Å². The van der Waals surface area contributed by atoms with E-state index in [1.807, 2.05) is 0 Å². The second kappa shape index (κ2) is 6.97. The van der Waals surface area contributed by atoms with Crippen molar-refractivity contribution in [1.82, 2.24) is 0 Å². The van der Waals surface area contributed by atoms with E-state index in [0.717, 1.165) is 0 Å². The number of hydrogen-bond acceptors (Lipinski definition) is 2. The topological polar surface area (TPSA) is 74.6 Å². The van der Waals surface area contributed by atoms with Crippen LogP contribution in [-0.4, -0.2) is 49.5 Å². The molecule has 2 radical (unpaired) electrons. The van der Waals surface area contributed by atoms with Gasteiger partial charge in [0.2, 0.25) is 0 Å². The summed E-state index contributed by atoms with van der Waals surface area (Å²) < 4.78 is 0. The van der Waals surface area contributed by atoms with E-state index in [1.54, 1.807) is 0 Å². The van der Waals surface area contributed by atoms with E-state index in [-0.39, 0.29) is 46.6 Å². The van der Waals surface area contributed by atoms with Crippen molar-refractivity contribution in [3.8, 4) is 0 Å². The third-order valence-corrected chi connectivity index (χ3v) is 0.781. The molecule has 0 saturated heterocycles. The molecule has 0 aromatic heterocycles. The number of carboxylic acids is 2. The number of carboxylic acid groups (broad SMARTS) is 2. The quantitative estimate of drug-likeness (QED) is 0.671. The fourth-order valence-electron chi connectivity index (χ4n) is 0.391. The molecule has 0 spiro atoms. The van der Waals surface area contributed by atoms with Crippen LogP contribution in [0.4, 0.5) is 0 Å². The van der Waals surface area contributed by atoms with Crippen molar-refractivity contribution in [2.45, 2.75) is 19.3 Å².